The molecule has 0 radical (unpaired) electrons. The van der Waals surface area contributed by atoms with Crippen LogP contribution in [0.2, 0.25) is 0 Å². The molecule has 38 heavy (non-hydrogen) atoms. The second kappa shape index (κ2) is 11.3. The van der Waals surface area contributed by atoms with Crippen molar-refractivity contribution in [2.24, 2.45) is 0 Å². The normalized spacial score (nSPS) is 10.9. The Morgan fingerprint density at radius 1 is 1.00 bits per heavy atom. The van der Waals surface area contributed by atoms with Gasteiger partial charge < -0.3 is 19.8 Å². The van der Waals surface area contributed by atoms with E-state index in [0.717, 1.165) is 16.7 Å². The summed E-state index contributed by atoms with van der Waals surface area (Å²) in [4.78, 5) is 34.5. The molecule has 2 aromatic heterocycles. The molecular formula is C29H26N4O4S. The number of H-pyrrole nitrogens is 1. The zero-order chi connectivity index (χ0) is 26.5. The number of ether oxygens (including phenoxy) is 2. The molecule has 0 aliphatic carbocycles. The van der Waals surface area contributed by atoms with Crippen LogP contribution >= 0.6 is 11.8 Å². The van der Waals surface area contributed by atoms with Gasteiger partial charge in [-0.1, -0.05) is 72.4 Å². The summed E-state index contributed by atoms with van der Waals surface area (Å²) in [5, 5.41) is 3.33. The molecule has 5 aromatic rings. The van der Waals surface area contributed by atoms with E-state index in [0.29, 0.717) is 39.9 Å². The zero-order valence-corrected chi connectivity index (χ0v) is 21.7. The van der Waals surface area contributed by atoms with Crippen molar-refractivity contribution in [3.05, 3.63) is 101 Å². The fraction of sp³-hybridized carbons (Fsp3) is 0.138. The fourth-order valence-corrected chi connectivity index (χ4v) is 4.94. The number of fused-ring (bicyclic) bond motifs is 1. The van der Waals surface area contributed by atoms with Gasteiger partial charge in [-0.15, -0.1) is 0 Å². The number of benzene rings is 3. The lowest BCUT2D eigenvalue weighted by molar-refractivity contribution is -0.113. The van der Waals surface area contributed by atoms with E-state index >= 15 is 0 Å². The third-order valence-corrected chi connectivity index (χ3v) is 7.01. The summed E-state index contributed by atoms with van der Waals surface area (Å²) in [6.45, 7) is 0.332. The van der Waals surface area contributed by atoms with E-state index in [2.05, 4.69) is 10.3 Å². The molecular weight excluding hydrogens is 500 g/mol. The summed E-state index contributed by atoms with van der Waals surface area (Å²) < 4.78 is 12.2. The van der Waals surface area contributed by atoms with Crippen molar-refractivity contribution in [3.8, 4) is 22.6 Å². The molecule has 0 spiro atoms. The topological polar surface area (TPSA) is 98.2 Å². The third kappa shape index (κ3) is 5.28. The van der Waals surface area contributed by atoms with Crippen LogP contribution in [0.1, 0.15) is 5.56 Å². The minimum absolute atomic E-state index is 0.0486. The summed E-state index contributed by atoms with van der Waals surface area (Å²) >= 11 is 1.21. The first-order chi connectivity index (χ1) is 18.6. The van der Waals surface area contributed by atoms with Crippen LogP contribution in [0.4, 0.5) is 5.69 Å². The first-order valence-electron chi connectivity index (χ1n) is 11.9. The number of carbonyl (C=O) groups excluding carboxylic acids is 1. The first kappa shape index (κ1) is 25.2. The molecule has 0 saturated carbocycles. The van der Waals surface area contributed by atoms with Gasteiger partial charge in [0.1, 0.15) is 22.5 Å². The molecule has 9 heteroatoms. The Hall–Kier alpha value is -4.50. The predicted molar refractivity (Wildman–Crippen MR) is 150 cm³/mol. The van der Waals surface area contributed by atoms with Crippen molar-refractivity contribution in [1.29, 1.82) is 0 Å². The van der Waals surface area contributed by atoms with Crippen molar-refractivity contribution in [2.45, 2.75) is 11.7 Å². The van der Waals surface area contributed by atoms with E-state index in [1.165, 1.54) is 18.9 Å². The van der Waals surface area contributed by atoms with Crippen LogP contribution in [0.15, 0.2) is 95.0 Å². The monoisotopic (exact) mass is 526 g/mol. The number of hydrogen-bond donors (Lipinski definition) is 2. The molecule has 1 amide bonds. The average Bonchev–Trinajstić information content (AvgIpc) is 3.39. The van der Waals surface area contributed by atoms with Gasteiger partial charge in [0.2, 0.25) is 5.91 Å². The van der Waals surface area contributed by atoms with Crippen molar-refractivity contribution in [3.63, 3.8) is 0 Å². The van der Waals surface area contributed by atoms with Crippen LogP contribution in [0, 0.1) is 0 Å². The quantitative estimate of drug-likeness (QED) is 0.203. The Balaban J connectivity index is 1.47. The lowest BCUT2D eigenvalue weighted by Crippen LogP contribution is -2.25. The number of aromatic amines is 1. The second-order valence-electron chi connectivity index (χ2n) is 8.47. The summed E-state index contributed by atoms with van der Waals surface area (Å²) in [7, 11) is 3.10. The Morgan fingerprint density at radius 3 is 2.45 bits per heavy atom. The Morgan fingerprint density at radius 2 is 1.74 bits per heavy atom. The molecule has 0 aliphatic heterocycles. The number of thioether (sulfide) groups is 1. The number of rotatable bonds is 9. The maximum absolute atomic E-state index is 13.6. The molecule has 5 rings (SSSR count). The number of carbonyl (C=O) groups is 1. The minimum atomic E-state index is -0.253. The first-order valence-corrected chi connectivity index (χ1v) is 12.9. The van der Waals surface area contributed by atoms with Crippen molar-refractivity contribution in [1.82, 2.24) is 14.5 Å². The van der Waals surface area contributed by atoms with Crippen LogP contribution in [-0.4, -0.2) is 40.4 Å². The number of methoxy groups -OCH3 is 2. The van der Waals surface area contributed by atoms with E-state index in [4.69, 9.17) is 14.5 Å². The van der Waals surface area contributed by atoms with Crippen LogP contribution in [0.5, 0.6) is 11.5 Å². The summed E-state index contributed by atoms with van der Waals surface area (Å²) in [5.74, 6) is 0.907. The lowest BCUT2D eigenvalue weighted by atomic mass is 10.1. The Bertz CT molecular complexity index is 1630. The average molecular weight is 527 g/mol. The van der Waals surface area contributed by atoms with Crippen LogP contribution in [-0.2, 0) is 11.3 Å². The van der Waals surface area contributed by atoms with Crippen LogP contribution in [0.25, 0.3) is 22.2 Å². The third-order valence-electron chi connectivity index (χ3n) is 6.03. The van der Waals surface area contributed by atoms with Gasteiger partial charge in [0, 0.05) is 17.8 Å². The molecule has 0 atom stereocenters. The number of aromatic nitrogens is 3. The van der Waals surface area contributed by atoms with Crippen LogP contribution in [0.3, 0.4) is 0 Å². The van der Waals surface area contributed by atoms with Gasteiger partial charge in [-0.05, 0) is 23.3 Å². The molecule has 0 bridgehead atoms. The summed E-state index contributed by atoms with van der Waals surface area (Å²) in [6, 6.07) is 24.6. The number of hydrogen-bond acceptors (Lipinski definition) is 6. The highest BCUT2D eigenvalue weighted by Crippen LogP contribution is 2.30. The second-order valence-corrected chi connectivity index (χ2v) is 9.41. The Kier molecular flexibility index (Phi) is 7.46. The lowest BCUT2D eigenvalue weighted by Gasteiger charge is -2.14. The highest BCUT2D eigenvalue weighted by atomic mass is 32.2. The largest absolute Gasteiger partial charge is 0.497 e. The number of nitrogens with one attached hydrogen (secondary N) is 2. The number of anilines is 1. The van der Waals surface area contributed by atoms with E-state index in [9.17, 15) is 9.59 Å². The standard InChI is InChI=1S/C29H26N4O4S/c1-36-21-13-14-23(24(15-21)37-2)31-25(34)18-38-29-32-26-22(20-11-7-4-8-12-20)16-30-27(26)28(35)33(29)17-19-9-5-3-6-10-19/h3-16,30H,17-18H2,1-2H3,(H,31,34). The number of amides is 1. The molecule has 2 heterocycles. The molecule has 0 saturated heterocycles. The highest BCUT2D eigenvalue weighted by molar-refractivity contribution is 7.99. The molecule has 3 aromatic carbocycles. The molecule has 0 fully saturated rings. The van der Waals surface area contributed by atoms with E-state index in [1.54, 1.807) is 36.1 Å². The van der Waals surface area contributed by atoms with E-state index < -0.39 is 0 Å². The number of nitrogens with zero attached hydrogens (tertiary/aromatic N) is 2. The molecule has 192 valence electrons. The SMILES string of the molecule is COc1ccc(NC(=O)CSc2nc3c(-c4ccccc4)c[nH]c3c(=O)n2Cc2ccccc2)c(OC)c1. The van der Waals surface area contributed by atoms with Gasteiger partial charge in [-0.25, -0.2) is 4.98 Å². The van der Waals surface area contributed by atoms with Gasteiger partial charge >= 0.3 is 0 Å². The summed E-state index contributed by atoms with van der Waals surface area (Å²) in [5.41, 5.74) is 4.08. The van der Waals surface area contributed by atoms with Crippen molar-refractivity contribution < 1.29 is 14.3 Å². The maximum Gasteiger partial charge on any atom is 0.278 e. The van der Waals surface area contributed by atoms with Crippen molar-refractivity contribution >= 4 is 34.4 Å². The highest BCUT2D eigenvalue weighted by Gasteiger charge is 2.18. The van der Waals surface area contributed by atoms with E-state index in [1.807, 2.05) is 60.7 Å². The summed E-state index contributed by atoms with van der Waals surface area (Å²) in [6.07, 6.45) is 1.80. The van der Waals surface area contributed by atoms with Gasteiger partial charge in [0.25, 0.3) is 5.56 Å². The fourth-order valence-electron chi connectivity index (χ4n) is 4.14. The van der Waals surface area contributed by atoms with Gasteiger partial charge in [-0.2, -0.15) is 0 Å². The predicted octanol–water partition coefficient (Wildman–Crippen LogP) is 5.19. The molecule has 2 N–H and O–H groups in total. The van der Waals surface area contributed by atoms with Gasteiger partial charge in [0.05, 0.1) is 32.2 Å². The van der Waals surface area contributed by atoms with Crippen molar-refractivity contribution in [2.75, 3.05) is 25.3 Å². The van der Waals surface area contributed by atoms with Gasteiger partial charge in [0.15, 0.2) is 5.16 Å². The molecule has 0 unspecified atom stereocenters. The minimum Gasteiger partial charge on any atom is -0.497 e. The van der Waals surface area contributed by atoms with E-state index in [-0.39, 0.29) is 17.2 Å². The smallest absolute Gasteiger partial charge is 0.278 e. The van der Waals surface area contributed by atoms with Crippen LogP contribution < -0.4 is 20.3 Å². The zero-order valence-electron chi connectivity index (χ0n) is 20.9. The Labute approximate surface area is 223 Å². The maximum atomic E-state index is 13.6. The molecule has 8 nitrogen and oxygen atoms in total. The van der Waals surface area contributed by atoms with Gasteiger partial charge in [-0.3, -0.25) is 14.2 Å². The molecule has 0 aliphatic rings.